The van der Waals surface area contributed by atoms with Gasteiger partial charge < -0.3 is 0 Å². The zero-order chi connectivity index (χ0) is 16.1. The predicted molar refractivity (Wildman–Crippen MR) is 91.5 cm³/mol. The van der Waals surface area contributed by atoms with E-state index in [1.165, 1.54) is 5.56 Å². The van der Waals surface area contributed by atoms with E-state index in [1.54, 1.807) is 4.68 Å². The lowest BCUT2D eigenvalue weighted by Crippen LogP contribution is -2.00. The second kappa shape index (κ2) is 6.83. The minimum atomic E-state index is 0.330. The smallest absolute Gasteiger partial charge is 0.172 e. The van der Waals surface area contributed by atoms with Gasteiger partial charge in [0.05, 0.1) is 11.4 Å². The molecule has 0 aliphatic rings. The fraction of sp³-hybridized carbons (Fsp3) is 0.105. The van der Waals surface area contributed by atoms with Crippen molar-refractivity contribution in [2.24, 2.45) is 0 Å². The van der Waals surface area contributed by atoms with Crippen LogP contribution in [0.25, 0.3) is 17.8 Å². The molecule has 0 bridgehead atoms. The summed E-state index contributed by atoms with van der Waals surface area (Å²) in [7, 11) is 0. The van der Waals surface area contributed by atoms with Crippen LogP contribution in [-0.2, 0) is 6.42 Å². The molecule has 0 unspecified atom stereocenters. The third-order valence-electron chi connectivity index (χ3n) is 3.67. The van der Waals surface area contributed by atoms with Crippen molar-refractivity contribution in [3.05, 3.63) is 77.1 Å². The highest BCUT2D eigenvalue weighted by Gasteiger charge is 2.11. The normalized spacial score (nSPS) is 11.0. The standard InChI is InChI=1S/C19H17N3O/c1-2-15-8-11-17(12-9-15)22-19(18(14-23)20-21-22)13-10-16-6-4-3-5-7-16/h3-14H,2H2,1H3/b13-10+. The summed E-state index contributed by atoms with van der Waals surface area (Å²) in [6.45, 7) is 2.11. The van der Waals surface area contributed by atoms with Gasteiger partial charge in [0.2, 0.25) is 0 Å². The monoisotopic (exact) mass is 303 g/mol. The predicted octanol–water partition coefficient (Wildman–Crippen LogP) is 3.81. The first-order valence-corrected chi connectivity index (χ1v) is 7.55. The summed E-state index contributed by atoms with van der Waals surface area (Å²) in [5.41, 5.74) is 4.20. The number of carbonyl (C=O) groups is 1. The van der Waals surface area contributed by atoms with Crippen LogP contribution in [0.15, 0.2) is 54.6 Å². The number of rotatable bonds is 5. The Bertz CT molecular complexity index is 818. The fourth-order valence-electron chi connectivity index (χ4n) is 2.34. The molecule has 0 saturated heterocycles. The molecule has 23 heavy (non-hydrogen) atoms. The van der Waals surface area contributed by atoms with E-state index in [0.29, 0.717) is 11.4 Å². The highest BCUT2D eigenvalue weighted by molar-refractivity contribution is 5.81. The second-order valence-corrected chi connectivity index (χ2v) is 5.15. The van der Waals surface area contributed by atoms with E-state index in [1.807, 2.05) is 54.6 Å². The molecular weight excluding hydrogens is 286 g/mol. The maximum atomic E-state index is 11.2. The minimum Gasteiger partial charge on any atom is -0.296 e. The molecule has 0 aliphatic carbocycles. The zero-order valence-electron chi connectivity index (χ0n) is 12.9. The summed E-state index contributed by atoms with van der Waals surface area (Å²) in [5.74, 6) is 0. The van der Waals surface area contributed by atoms with Gasteiger partial charge in [0.25, 0.3) is 0 Å². The second-order valence-electron chi connectivity index (χ2n) is 5.15. The third kappa shape index (κ3) is 3.26. The van der Waals surface area contributed by atoms with E-state index in [0.717, 1.165) is 24.0 Å². The van der Waals surface area contributed by atoms with Crippen LogP contribution in [0.5, 0.6) is 0 Å². The zero-order valence-corrected chi connectivity index (χ0v) is 12.9. The SMILES string of the molecule is CCc1ccc(-n2nnc(C=O)c2/C=C/c2ccccc2)cc1. The molecule has 4 heteroatoms. The molecule has 0 radical (unpaired) electrons. The van der Waals surface area contributed by atoms with Crippen LogP contribution in [0.3, 0.4) is 0 Å². The molecule has 0 saturated carbocycles. The van der Waals surface area contributed by atoms with Crippen LogP contribution >= 0.6 is 0 Å². The summed E-state index contributed by atoms with van der Waals surface area (Å²) in [5, 5.41) is 8.07. The maximum absolute atomic E-state index is 11.2. The van der Waals surface area contributed by atoms with Gasteiger partial charge in [-0.2, -0.15) is 0 Å². The Balaban J connectivity index is 2.00. The van der Waals surface area contributed by atoms with Crippen molar-refractivity contribution in [2.75, 3.05) is 0 Å². The Hall–Kier alpha value is -3.01. The fourth-order valence-corrected chi connectivity index (χ4v) is 2.34. The lowest BCUT2D eigenvalue weighted by molar-refractivity contribution is 0.111. The van der Waals surface area contributed by atoms with Crippen LogP contribution < -0.4 is 0 Å². The van der Waals surface area contributed by atoms with E-state index >= 15 is 0 Å². The molecule has 0 aliphatic heterocycles. The number of nitrogens with zero attached hydrogens (tertiary/aromatic N) is 3. The Morgan fingerprint density at radius 3 is 2.39 bits per heavy atom. The lowest BCUT2D eigenvalue weighted by Gasteiger charge is -2.05. The molecule has 1 heterocycles. The van der Waals surface area contributed by atoms with Gasteiger partial charge in [-0.1, -0.05) is 60.7 Å². The van der Waals surface area contributed by atoms with E-state index in [2.05, 4.69) is 29.4 Å². The van der Waals surface area contributed by atoms with E-state index in [4.69, 9.17) is 0 Å². The molecule has 0 fully saturated rings. The summed E-state index contributed by atoms with van der Waals surface area (Å²) in [4.78, 5) is 11.2. The Kier molecular flexibility index (Phi) is 4.43. The Labute approximate surface area is 135 Å². The number of aldehydes is 1. The van der Waals surface area contributed by atoms with E-state index < -0.39 is 0 Å². The molecule has 2 aromatic carbocycles. The Morgan fingerprint density at radius 2 is 1.74 bits per heavy atom. The van der Waals surface area contributed by atoms with Gasteiger partial charge in [-0.3, -0.25) is 4.79 Å². The molecular formula is C19H17N3O. The first-order chi connectivity index (χ1) is 11.3. The van der Waals surface area contributed by atoms with Crippen LogP contribution in [-0.4, -0.2) is 21.3 Å². The van der Waals surface area contributed by atoms with Crippen molar-refractivity contribution in [3.63, 3.8) is 0 Å². The van der Waals surface area contributed by atoms with E-state index in [-0.39, 0.29) is 0 Å². The van der Waals surface area contributed by atoms with Gasteiger partial charge in [-0.15, -0.1) is 5.10 Å². The number of aromatic nitrogens is 3. The van der Waals surface area contributed by atoms with Gasteiger partial charge >= 0.3 is 0 Å². The maximum Gasteiger partial charge on any atom is 0.172 e. The molecule has 4 nitrogen and oxygen atoms in total. The van der Waals surface area contributed by atoms with Gasteiger partial charge in [0.1, 0.15) is 0 Å². The van der Waals surface area contributed by atoms with Crippen molar-refractivity contribution < 1.29 is 4.79 Å². The van der Waals surface area contributed by atoms with Crippen LogP contribution in [0.2, 0.25) is 0 Å². The number of hydrogen-bond acceptors (Lipinski definition) is 3. The van der Waals surface area contributed by atoms with Crippen molar-refractivity contribution in [1.29, 1.82) is 0 Å². The molecule has 0 spiro atoms. The molecule has 1 aromatic heterocycles. The van der Waals surface area contributed by atoms with Crippen LogP contribution in [0.1, 0.15) is 34.2 Å². The highest BCUT2D eigenvalue weighted by Crippen LogP contribution is 2.16. The molecule has 3 aromatic rings. The lowest BCUT2D eigenvalue weighted by atomic mass is 10.1. The van der Waals surface area contributed by atoms with Gasteiger partial charge in [0.15, 0.2) is 12.0 Å². The van der Waals surface area contributed by atoms with Crippen LogP contribution in [0.4, 0.5) is 0 Å². The molecule has 3 rings (SSSR count). The average molecular weight is 303 g/mol. The highest BCUT2D eigenvalue weighted by atomic mass is 16.1. The van der Waals surface area contributed by atoms with Crippen molar-refractivity contribution in [1.82, 2.24) is 15.0 Å². The largest absolute Gasteiger partial charge is 0.296 e. The number of carbonyl (C=O) groups excluding carboxylic acids is 1. The quantitative estimate of drug-likeness (QED) is 0.673. The molecule has 0 atom stereocenters. The molecule has 0 amide bonds. The first-order valence-electron chi connectivity index (χ1n) is 7.55. The van der Waals surface area contributed by atoms with Crippen molar-refractivity contribution in [3.8, 4) is 5.69 Å². The number of benzene rings is 2. The third-order valence-corrected chi connectivity index (χ3v) is 3.67. The Morgan fingerprint density at radius 1 is 1.00 bits per heavy atom. The molecule has 0 N–H and O–H groups in total. The van der Waals surface area contributed by atoms with Crippen LogP contribution in [0, 0.1) is 0 Å². The topological polar surface area (TPSA) is 47.8 Å². The first kappa shape index (κ1) is 14.9. The van der Waals surface area contributed by atoms with Crippen molar-refractivity contribution in [2.45, 2.75) is 13.3 Å². The summed E-state index contributed by atoms with van der Waals surface area (Å²) >= 11 is 0. The van der Waals surface area contributed by atoms with Gasteiger partial charge in [-0.25, -0.2) is 4.68 Å². The van der Waals surface area contributed by atoms with Gasteiger partial charge in [0, 0.05) is 0 Å². The van der Waals surface area contributed by atoms with E-state index in [9.17, 15) is 4.79 Å². The summed E-state index contributed by atoms with van der Waals surface area (Å²) in [6, 6.07) is 18.0. The summed E-state index contributed by atoms with van der Waals surface area (Å²) in [6.07, 6.45) is 5.53. The van der Waals surface area contributed by atoms with Gasteiger partial charge in [-0.05, 0) is 35.8 Å². The molecule has 114 valence electrons. The minimum absolute atomic E-state index is 0.330. The average Bonchev–Trinajstić information content (AvgIpc) is 3.04. The number of aryl methyl sites for hydroxylation is 1. The summed E-state index contributed by atoms with van der Waals surface area (Å²) < 4.78 is 1.68. The van der Waals surface area contributed by atoms with Crippen molar-refractivity contribution >= 4 is 18.4 Å². The number of hydrogen-bond donors (Lipinski definition) is 0.